The lowest BCUT2D eigenvalue weighted by atomic mass is 9.81. The van der Waals surface area contributed by atoms with Crippen LogP contribution in [-0.4, -0.2) is 35.8 Å². The number of hydrogen-bond acceptors (Lipinski definition) is 2. The van der Waals surface area contributed by atoms with Gasteiger partial charge in [-0.05, 0) is 62.1 Å². The van der Waals surface area contributed by atoms with Crippen LogP contribution in [0.25, 0.3) is 0 Å². The Kier molecular flexibility index (Phi) is 5.58. The summed E-state index contributed by atoms with van der Waals surface area (Å²) in [5.41, 5.74) is 0.417. The predicted molar refractivity (Wildman–Crippen MR) is 119 cm³/mol. The molecule has 4 aliphatic rings. The van der Waals surface area contributed by atoms with Gasteiger partial charge in [-0.25, -0.2) is 0 Å². The fraction of sp³-hybridized carbons (Fsp3) is 0.520. The smallest absolute Gasteiger partial charge is 0.349 e. The van der Waals surface area contributed by atoms with Gasteiger partial charge in [0.05, 0.1) is 16.1 Å². The van der Waals surface area contributed by atoms with Gasteiger partial charge in [0.1, 0.15) is 0 Å². The average Bonchev–Trinajstić information content (AvgIpc) is 3.48. The van der Waals surface area contributed by atoms with Gasteiger partial charge in [-0.15, -0.1) is 0 Å². The molecule has 8 heteroatoms. The van der Waals surface area contributed by atoms with Gasteiger partial charge in [0, 0.05) is 31.0 Å². The lowest BCUT2D eigenvalue weighted by Crippen LogP contribution is -2.46. The van der Waals surface area contributed by atoms with Gasteiger partial charge in [0.25, 0.3) is 5.91 Å². The second-order valence-electron chi connectivity index (χ2n) is 9.88. The van der Waals surface area contributed by atoms with Gasteiger partial charge < -0.3 is 10.2 Å². The molecule has 1 heterocycles. The summed E-state index contributed by atoms with van der Waals surface area (Å²) in [7, 11) is 0. The Morgan fingerprint density at radius 3 is 2.70 bits per heavy atom. The molecule has 2 unspecified atom stereocenters. The number of alkyl halides is 3. The van der Waals surface area contributed by atoms with Crippen LogP contribution in [0.3, 0.4) is 0 Å². The molecule has 5 rings (SSSR count). The molecule has 1 aromatic rings. The van der Waals surface area contributed by atoms with E-state index in [9.17, 15) is 22.8 Å². The monoisotopic (exact) mass is 478 g/mol. The van der Waals surface area contributed by atoms with Crippen LogP contribution in [0.4, 0.5) is 13.2 Å². The highest BCUT2D eigenvalue weighted by atomic mass is 35.5. The van der Waals surface area contributed by atoms with Crippen LogP contribution >= 0.6 is 11.6 Å². The molecule has 176 valence electrons. The zero-order valence-corrected chi connectivity index (χ0v) is 18.9. The van der Waals surface area contributed by atoms with Gasteiger partial charge >= 0.3 is 6.18 Å². The molecule has 1 N–H and O–H groups in total. The Morgan fingerprint density at radius 2 is 1.97 bits per heavy atom. The Hall–Kier alpha value is -2.28. The molecule has 33 heavy (non-hydrogen) atoms. The van der Waals surface area contributed by atoms with Gasteiger partial charge in [0.15, 0.2) is 0 Å². The van der Waals surface area contributed by atoms with Crippen LogP contribution < -0.4 is 5.32 Å². The second-order valence-corrected chi connectivity index (χ2v) is 10.3. The summed E-state index contributed by atoms with van der Waals surface area (Å²) in [5, 5.41) is 2.85. The first-order valence-electron chi connectivity index (χ1n) is 11.5. The van der Waals surface area contributed by atoms with Crippen molar-refractivity contribution in [3.05, 3.63) is 58.1 Å². The van der Waals surface area contributed by atoms with Crippen LogP contribution in [-0.2, 0) is 11.0 Å². The number of hydrogen-bond donors (Lipinski definition) is 1. The summed E-state index contributed by atoms with van der Waals surface area (Å²) in [6, 6.07) is 2.68. The molecule has 1 aliphatic heterocycles. The normalized spacial score (nSPS) is 30.9. The number of piperidine rings is 1. The summed E-state index contributed by atoms with van der Waals surface area (Å²) in [6.07, 6.45) is 6.76. The van der Waals surface area contributed by atoms with E-state index in [0.29, 0.717) is 18.3 Å². The van der Waals surface area contributed by atoms with Crippen molar-refractivity contribution in [3.63, 3.8) is 0 Å². The molecule has 0 radical (unpaired) electrons. The lowest BCUT2D eigenvalue weighted by Gasteiger charge is -2.39. The Balaban J connectivity index is 1.15. The number of carbonyl (C=O) groups excluding carboxylic acids is 2. The van der Waals surface area contributed by atoms with Crippen molar-refractivity contribution in [2.45, 2.75) is 50.7 Å². The van der Waals surface area contributed by atoms with Crippen LogP contribution in [0.15, 0.2) is 42.0 Å². The van der Waals surface area contributed by atoms with Crippen molar-refractivity contribution >= 4 is 23.4 Å². The van der Waals surface area contributed by atoms with Gasteiger partial charge in [-0.2, -0.15) is 13.2 Å². The number of nitrogens with one attached hydrogen (secondary N) is 1. The minimum absolute atomic E-state index is 0.00142. The molecule has 2 amide bonds. The average molecular weight is 479 g/mol. The summed E-state index contributed by atoms with van der Waals surface area (Å²) in [5.74, 6) is 0.561. The van der Waals surface area contributed by atoms with Crippen LogP contribution in [0.2, 0.25) is 5.02 Å². The second kappa shape index (κ2) is 8.19. The lowest BCUT2D eigenvalue weighted by molar-refractivity contribution is -0.137. The fourth-order valence-electron chi connectivity index (χ4n) is 5.75. The number of nitrogens with zero attached hydrogens (tertiary/aromatic N) is 1. The molecule has 2 saturated carbocycles. The topological polar surface area (TPSA) is 49.4 Å². The maximum Gasteiger partial charge on any atom is 0.416 e. The van der Waals surface area contributed by atoms with E-state index in [0.717, 1.165) is 63.4 Å². The summed E-state index contributed by atoms with van der Waals surface area (Å²) < 4.78 is 39.0. The van der Waals surface area contributed by atoms with Crippen molar-refractivity contribution in [3.8, 4) is 0 Å². The largest absolute Gasteiger partial charge is 0.416 e. The van der Waals surface area contributed by atoms with Crippen molar-refractivity contribution in [2.75, 3.05) is 13.1 Å². The fourth-order valence-corrected chi connectivity index (χ4v) is 5.96. The third kappa shape index (κ3) is 4.32. The third-order valence-corrected chi connectivity index (χ3v) is 8.11. The molecule has 1 saturated heterocycles. The highest BCUT2D eigenvalue weighted by Crippen LogP contribution is 2.63. The zero-order chi connectivity index (χ0) is 23.4. The molecule has 3 fully saturated rings. The molecule has 0 bridgehead atoms. The van der Waals surface area contributed by atoms with Gasteiger partial charge in [-0.3, -0.25) is 9.59 Å². The van der Waals surface area contributed by atoms with Crippen LogP contribution in [0, 0.1) is 17.3 Å². The first-order valence-corrected chi connectivity index (χ1v) is 11.9. The summed E-state index contributed by atoms with van der Waals surface area (Å²) in [4.78, 5) is 27.3. The molecule has 1 spiro atoms. The van der Waals surface area contributed by atoms with E-state index in [1.54, 1.807) is 0 Å². The van der Waals surface area contributed by atoms with Gasteiger partial charge in [-0.1, -0.05) is 35.4 Å². The minimum atomic E-state index is -4.53. The van der Waals surface area contributed by atoms with Crippen molar-refractivity contribution in [1.29, 1.82) is 0 Å². The van der Waals surface area contributed by atoms with Crippen LogP contribution in [0.5, 0.6) is 0 Å². The maximum atomic E-state index is 13.0. The van der Waals surface area contributed by atoms with E-state index >= 15 is 0 Å². The van der Waals surface area contributed by atoms with E-state index in [2.05, 4.69) is 23.5 Å². The highest BCUT2D eigenvalue weighted by molar-refractivity contribution is 6.33. The Bertz CT molecular complexity index is 1040. The van der Waals surface area contributed by atoms with E-state index in [4.69, 9.17) is 11.6 Å². The molecule has 1 aromatic carbocycles. The summed E-state index contributed by atoms with van der Waals surface area (Å²) in [6.45, 7) is 1.54. The quantitative estimate of drug-likeness (QED) is 0.631. The van der Waals surface area contributed by atoms with E-state index in [1.165, 1.54) is 5.57 Å². The molecular formula is C25H26ClF3N2O2. The molecule has 4 nitrogen and oxygen atoms in total. The maximum absolute atomic E-state index is 13.0. The molecule has 2 atom stereocenters. The first kappa shape index (κ1) is 22.5. The number of benzene rings is 1. The first-order chi connectivity index (χ1) is 15.7. The van der Waals surface area contributed by atoms with Crippen molar-refractivity contribution in [1.82, 2.24) is 10.2 Å². The SMILES string of the molecule is O=C(NC1CCC(CN2CC34CC3C=CC=C4CC2=O)CC1)c1cc(C(F)(F)F)ccc1Cl. The van der Waals surface area contributed by atoms with E-state index in [-0.39, 0.29) is 28.0 Å². The number of allylic oxidation sites excluding steroid dienone is 3. The van der Waals surface area contributed by atoms with E-state index in [1.807, 2.05) is 4.90 Å². The molecule has 3 aliphatic carbocycles. The predicted octanol–water partition coefficient (Wildman–Crippen LogP) is 5.38. The summed E-state index contributed by atoms with van der Waals surface area (Å²) >= 11 is 5.99. The van der Waals surface area contributed by atoms with Crippen molar-refractivity contribution in [2.24, 2.45) is 17.3 Å². The minimum Gasteiger partial charge on any atom is -0.349 e. The Morgan fingerprint density at radius 1 is 1.21 bits per heavy atom. The Labute approximate surface area is 195 Å². The number of rotatable bonds is 4. The molecular weight excluding hydrogens is 453 g/mol. The third-order valence-electron chi connectivity index (χ3n) is 7.78. The van der Waals surface area contributed by atoms with Crippen LogP contribution in [0.1, 0.15) is 54.4 Å². The standard InChI is InChI=1S/C25H26ClF3N2O2/c26-21-9-6-17(25(27,28)29)10-20(21)23(33)30-19-7-4-15(5-8-19)13-31-14-24-12-18(24)3-1-2-16(24)11-22(31)32/h1-3,6,9-10,15,18-19H,4-5,7-8,11-14H2,(H,30,33). The number of carbonyl (C=O) groups is 2. The number of likely N-dealkylation sites (tertiary alicyclic amines) is 1. The molecule has 0 aromatic heterocycles. The van der Waals surface area contributed by atoms with Gasteiger partial charge in [0.2, 0.25) is 5.91 Å². The number of amides is 2. The van der Waals surface area contributed by atoms with Crippen molar-refractivity contribution < 1.29 is 22.8 Å². The highest BCUT2D eigenvalue weighted by Gasteiger charge is 2.59. The zero-order valence-electron chi connectivity index (χ0n) is 18.1. The van der Waals surface area contributed by atoms with E-state index < -0.39 is 17.6 Å². The number of halogens is 4.